The Labute approximate surface area is 155 Å². The minimum atomic E-state index is -0.459. The topological polar surface area (TPSA) is 58.4 Å². The van der Waals surface area contributed by atoms with Crippen molar-refractivity contribution < 1.29 is 4.79 Å². The van der Waals surface area contributed by atoms with Crippen LogP contribution in [0.15, 0.2) is 24.4 Å². The molecule has 0 aromatic carbocycles. The Balaban J connectivity index is 0.000000174. The minimum Gasteiger partial charge on any atom is -0.347 e. The Bertz CT molecular complexity index is 778. The number of hydrogen-bond donors (Lipinski definition) is 2. The smallest absolute Gasteiger partial charge is 0.207 e. The van der Waals surface area contributed by atoms with E-state index in [0.717, 1.165) is 35.5 Å². The molecular weight excluding hydrogens is 324 g/mol. The molecular formula is C21H30N4O. The molecule has 140 valence electrons. The van der Waals surface area contributed by atoms with Crippen LogP contribution in [-0.4, -0.2) is 28.9 Å². The van der Waals surface area contributed by atoms with E-state index >= 15 is 0 Å². The van der Waals surface area contributed by atoms with Gasteiger partial charge < -0.3 is 15.0 Å². The van der Waals surface area contributed by atoms with Crippen LogP contribution < -0.4 is 10.6 Å². The maximum atomic E-state index is 10.7. The van der Waals surface area contributed by atoms with Gasteiger partial charge in [-0.05, 0) is 76.1 Å². The average molecular weight is 354 g/mol. The van der Waals surface area contributed by atoms with Crippen LogP contribution in [0.25, 0.3) is 5.52 Å². The van der Waals surface area contributed by atoms with Crippen LogP contribution >= 0.6 is 0 Å². The van der Waals surface area contributed by atoms with Gasteiger partial charge in [0.25, 0.3) is 0 Å². The number of amides is 1. The van der Waals surface area contributed by atoms with Crippen molar-refractivity contribution in [1.82, 2.24) is 20.0 Å². The molecule has 4 heterocycles. The molecule has 26 heavy (non-hydrogen) atoms. The highest BCUT2D eigenvalue weighted by atomic mass is 16.1. The maximum absolute atomic E-state index is 10.7. The van der Waals surface area contributed by atoms with Crippen molar-refractivity contribution in [3.63, 3.8) is 0 Å². The van der Waals surface area contributed by atoms with Gasteiger partial charge in [0.2, 0.25) is 6.41 Å². The van der Waals surface area contributed by atoms with E-state index in [1.807, 2.05) is 32.2 Å². The number of piperidine rings is 2. The van der Waals surface area contributed by atoms with Gasteiger partial charge in [-0.2, -0.15) is 0 Å². The minimum absolute atomic E-state index is 0.459. The molecule has 4 fully saturated rings. The third kappa shape index (κ3) is 3.13. The summed E-state index contributed by atoms with van der Waals surface area (Å²) in [6, 6.07) is 6.12. The normalized spacial score (nSPS) is 27.3. The van der Waals surface area contributed by atoms with Gasteiger partial charge in [0.1, 0.15) is 5.82 Å². The fraction of sp³-hybridized carbons (Fsp3) is 0.619. The number of imidazole rings is 1. The SMILES string of the molecule is CC(C)(NC=O)c1nc(C2CC2)c2ccccn12.CC1C2CNCC1C2. The fourth-order valence-corrected chi connectivity index (χ4v) is 4.37. The van der Waals surface area contributed by atoms with Crippen molar-refractivity contribution in [3.8, 4) is 0 Å². The van der Waals surface area contributed by atoms with E-state index in [0.29, 0.717) is 5.92 Å². The first kappa shape index (κ1) is 17.5. The van der Waals surface area contributed by atoms with E-state index in [2.05, 4.69) is 28.0 Å². The Hall–Kier alpha value is -1.88. The summed E-state index contributed by atoms with van der Waals surface area (Å²) in [7, 11) is 0. The van der Waals surface area contributed by atoms with Crippen molar-refractivity contribution >= 4 is 11.9 Å². The highest BCUT2D eigenvalue weighted by Gasteiger charge is 2.40. The van der Waals surface area contributed by atoms with Crippen molar-refractivity contribution in [3.05, 3.63) is 35.9 Å². The Morgan fingerprint density at radius 3 is 2.54 bits per heavy atom. The predicted octanol–water partition coefficient (Wildman–Crippen LogP) is 3.05. The molecule has 2 aromatic rings. The third-order valence-electron chi connectivity index (χ3n) is 6.43. The molecule has 2 aliphatic carbocycles. The summed E-state index contributed by atoms with van der Waals surface area (Å²) in [6.45, 7) is 8.91. The highest BCUT2D eigenvalue weighted by Crippen LogP contribution is 2.42. The first-order valence-corrected chi connectivity index (χ1v) is 9.90. The van der Waals surface area contributed by atoms with Gasteiger partial charge in [-0.1, -0.05) is 13.0 Å². The van der Waals surface area contributed by atoms with Gasteiger partial charge in [0, 0.05) is 12.1 Å². The lowest BCUT2D eigenvalue weighted by Crippen LogP contribution is -2.51. The van der Waals surface area contributed by atoms with Crippen molar-refractivity contribution in [2.24, 2.45) is 17.8 Å². The number of hydrogen-bond acceptors (Lipinski definition) is 3. The second-order valence-corrected chi connectivity index (χ2v) is 8.71. The number of carbonyl (C=O) groups is 1. The second-order valence-electron chi connectivity index (χ2n) is 8.71. The molecule has 0 radical (unpaired) electrons. The van der Waals surface area contributed by atoms with Crippen LogP contribution in [0.3, 0.4) is 0 Å². The quantitative estimate of drug-likeness (QED) is 0.830. The van der Waals surface area contributed by atoms with Crippen LogP contribution in [0, 0.1) is 17.8 Å². The number of nitrogens with one attached hydrogen (secondary N) is 2. The standard InChI is InChI=1S/C14H17N3O.C7H13N/c1-14(2,15-9-18)13-16-12(10-6-7-10)11-5-3-4-8-17(11)13;1-5-6-2-7(5)4-8-3-6/h3-5,8-10H,6-7H2,1-2H3,(H,15,18);5-8H,2-4H2,1H3. The molecule has 2 unspecified atom stereocenters. The van der Waals surface area contributed by atoms with Gasteiger partial charge in [-0.3, -0.25) is 4.79 Å². The number of pyridine rings is 1. The van der Waals surface area contributed by atoms with E-state index in [1.165, 1.54) is 38.0 Å². The summed E-state index contributed by atoms with van der Waals surface area (Å²) in [6.07, 6.45) is 6.71. The van der Waals surface area contributed by atoms with Gasteiger partial charge in [-0.15, -0.1) is 0 Å². The van der Waals surface area contributed by atoms with Crippen LogP contribution in [0.5, 0.6) is 0 Å². The van der Waals surface area contributed by atoms with Gasteiger partial charge in [-0.25, -0.2) is 4.98 Å². The second kappa shape index (κ2) is 6.69. The van der Waals surface area contributed by atoms with Crippen molar-refractivity contribution in [2.45, 2.75) is 51.5 Å². The largest absolute Gasteiger partial charge is 0.347 e. The molecule has 5 heteroatoms. The molecule has 2 atom stereocenters. The van der Waals surface area contributed by atoms with Gasteiger partial charge >= 0.3 is 0 Å². The predicted molar refractivity (Wildman–Crippen MR) is 103 cm³/mol. The van der Waals surface area contributed by atoms with E-state index in [9.17, 15) is 4.79 Å². The van der Waals surface area contributed by atoms with Crippen LogP contribution in [-0.2, 0) is 10.3 Å². The van der Waals surface area contributed by atoms with Crippen LogP contribution in [0.1, 0.15) is 57.5 Å². The number of carbonyl (C=O) groups excluding carboxylic acids is 1. The zero-order valence-corrected chi connectivity index (χ0v) is 16.0. The lowest BCUT2D eigenvalue weighted by atomic mass is 9.63. The number of nitrogens with zero attached hydrogens (tertiary/aromatic N) is 2. The molecule has 1 amide bonds. The molecule has 2 saturated heterocycles. The van der Waals surface area contributed by atoms with E-state index in [-0.39, 0.29) is 0 Å². The van der Waals surface area contributed by atoms with Crippen molar-refractivity contribution in [1.29, 1.82) is 0 Å². The highest BCUT2D eigenvalue weighted by molar-refractivity contribution is 5.57. The Morgan fingerprint density at radius 2 is 2.00 bits per heavy atom. The lowest BCUT2D eigenvalue weighted by Gasteiger charge is -2.48. The Morgan fingerprint density at radius 1 is 1.27 bits per heavy atom. The van der Waals surface area contributed by atoms with E-state index in [1.54, 1.807) is 0 Å². The zero-order chi connectivity index (χ0) is 18.3. The van der Waals surface area contributed by atoms with E-state index in [4.69, 9.17) is 4.98 Å². The zero-order valence-electron chi connectivity index (χ0n) is 16.0. The molecule has 2 N–H and O–H groups in total. The molecule has 6 rings (SSSR count). The van der Waals surface area contributed by atoms with Crippen LogP contribution in [0.4, 0.5) is 0 Å². The number of aromatic nitrogens is 2. The summed E-state index contributed by atoms with van der Waals surface area (Å²) in [4.78, 5) is 15.5. The lowest BCUT2D eigenvalue weighted by molar-refractivity contribution is -0.111. The van der Waals surface area contributed by atoms with E-state index < -0.39 is 5.54 Å². The van der Waals surface area contributed by atoms with Gasteiger partial charge in [0.15, 0.2) is 0 Å². The first-order valence-electron chi connectivity index (χ1n) is 9.90. The van der Waals surface area contributed by atoms with Gasteiger partial charge in [0.05, 0.1) is 16.7 Å². The molecule has 0 spiro atoms. The summed E-state index contributed by atoms with van der Waals surface area (Å²) >= 11 is 0. The Kier molecular flexibility index (Phi) is 4.51. The summed E-state index contributed by atoms with van der Waals surface area (Å²) in [5.41, 5.74) is 1.88. The third-order valence-corrected chi connectivity index (χ3v) is 6.43. The molecule has 2 bridgehead atoms. The first-order chi connectivity index (χ1) is 12.5. The monoisotopic (exact) mass is 354 g/mol. The van der Waals surface area contributed by atoms with Crippen molar-refractivity contribution in [2.75, 3.05) is 13.1 Å². The van der Waals surface area contributed by atoms with Crippen LogP contribution in [0.2, 0.25) is 0 Å². The molecule has 2 aliphatic heterocycles. The molecule has 4 aliphatic rings. The molecule has 2 saturated carbocycles. The molecule has 5 nitrogen and oxygen atoms in total. The number of rotatable bonds is 4. The maximum Gasteiger partial charge on any atom is 0.207 e. The molecule has 2 aromatic heterocycles. The average Bonchev–Trinajstić information content (AvgIpc) is 3.42. The summed E-state index contributed by atoms with van der Waals surface area (Å²) in [5.74, 6) is 4.61. The fourth-order valence-electron chi connectivity index (χ4n) is 4.37. The summed E-state index contributed by atoms with van der Waals surface area (Å²) < 4.78 is 2.09. The summed E-state index contributed by atoms with van der Waals surface area (Å²) in [5, 5.41) is 6.25. The number of fused-ring (bicyclic) bond motifs is 3.